The first-order valence-corrected chi connectivity index (χ1v) is 8.69. The van der Waals surface area contributed by atoms with Crippen LogP contribution in [0.15, 0.2) is 35.1 Å². The third kappa shape index (κ3) is 3.08. The van der Waals surface area contributed by atoms with Crippen LogP contribution in [-0.4, -0.2) is 45.4 Å². The molecule has 1 saturated heterocycles. The van der Waals surface area contributed by atoms with E-state index in [-0.39, 0.29) is 12.0 Å². The van der Waals surface area contributed by atoms with Crippen molar-refractivity contribution in [1.82, 2.24) is 24.7 Å². The largest absolute Gasteiger partial charge is 0.420 e. The molecule has 1 fully saturated rings. The lowest BCUT2D eigenvalue weighted by Crippen LogP contribution is -2.23. The maximum Gasteiger partial charge on any atom is 0.247 e. The van der Waals surface area contributed by atoms with Gasteiger partial charge in [-0.1, -0.05) is 0 Å². The Bertz CT molecular complexity index is 887. The van der Waals surface area contributed by atoms with Gasteiger partial charge in [0.15, 0.2) is 0 Å². The first-order valence-electron chi connectivity index (χ1n) is 8.69. The predicted molar refractivity (Wildman–Crippen MR) is 95.7 cm³/mol. The zero-order valence-corrected chi connectivity index (χ0v) is 15.2. The van der Waals surface area contributed by atoms with Crippen LogP contribution in [0.1, 0.15) is 36.6 Å². The Hall–Kier alpha value is -2.74. The highest BCUT2D eigenvalue weighted by Crippen LogP contribution is 2.40. The summed E-state index contributed by atoms with van der Waals surface area (Å²) in [4.78, 5) is 10.7. The monoisotopic (exact) mass is 354 g/mol. The molecular formula is C18H22N6O2. The second-order valence-corrected chi connectivity index (χ2v) is 6.68. The van der Waals surface area contributed by atoms with Gasteiger partial charge < -0.3 is 18.6 Å². The van der Waals surface area contributed by atoms with E-state index in [1.807, 2.05) is 48.9 Å². The Morgan fingerprint density at radius 1 is 1.19 bits per heavy atom. The minimum atomic E-state index is -0.174. The standard InChI is InChI=1S/C18H22N6O2/c1-23(2)14-11-12(6-7-19-14)17-21-22-18(26-17)13-5-4-10-25-15(13)16-20-8-9-24(16)3/h6-9,11,13,15H,4-5,10H2,1-3H3/t13-,15-/m1/s1. The summed E-state index contributed by atoms with van der Waals surface area (Å²) in [6, 6.07) is 3.81. The Balaban J connectivity index is 1.64. The van der Waals surface area contributed by atoms with E-state index in [2.05, 4.69) is 20.2 Å². The van der Waals surface area contributed by atoms with Gasteiger partial charge in [0, 0.05) is 51.9 Å². The quantitative estimate of drug-likeness (QED) is 0.712. The van der Waals surface area contributed by atoms with Gasteiger partial charge in [-0.2, -0.15) is 0 Å². The van der Waals surface area contributed by atoms with Gasteiger partial charge in [0.1, 0.15) is 17.7 Å². The fourth-order valence-electron chi connectivity index (χ4n) is 3.24. The van der Waals surface area contributed by atoms with Gasteiger partial charge in [0.05, 0.1) is 5.92 Å². The van der Waals surface area contributed by atoms with Crippen molar-refractivity contribution in [2.75, 3.05) is 25.6 Å². The molecule has 8 nitrogen and oxygen atoms in total. The molecule has 8 heteroatoms. The van der Waals surface area contributed by atoms with Gasteiger partial charge in [-0.3, -0.25) is 0 Å². The molecule has 0 spiro atoms. The van der Waals surface area contributed by atoms with Crippen LogP contribution >= 0.6 is 0 Å². The fourth-order valence-corrected chi connectivity index (χ4v) is 3.24. The molecule has 0 amide bonds. The number of imidazole rings is 1. The maximum atomic E-state index is 6.03. The lowest BCUT2D eigenvalue weighted by Gasteiger charge is -2.28. The number of aromatic nitrogens is 5. The molecule has 4 rings (SSSR count). The van der Waals surface area contributed by atoms with E-state index in [0.29, 0.717) is 18.4 Å². The number of anilines is 1. The molecular weight excluding hydrogens is 332 g/mol. The first-order chi connectivity index (χ1) is 12.6. The smallest absolute Gasteiger partial charge is 0.247 e. The Labute approximate surface area is 151 Å². The molecule has 4 heterocycles. The fraction of sp³-hybridized carbons (Fsp3) is 0.444. The van der Waals surface area contributed by atoms with Crippen molar-refractivity contribution in [3.8, 4) is 11.5 Å². The number of aryl methyl sites for hydroxylation is 1. The predicted octanol–water partition coefficient (Wildman–Crippen LogP) is 2.57. The molecule has 1 aliphatic heterocycles. The van der Waals surface area contributed by atoms with Crippen molar-refractivity contribution in [2.24, 2.45) is 7.05 Å². The topological polar surface area (TPSA) is 82.1 Å². The molecule has 0 radical (unpaired) electrons. The molecule has 0 aromatic carbocycles. The van der Waals surface area contributed by atoms with Crippen LogP contribution in [0.3, 0.4) is 0 Å². The maximum absolute atomic E-state index is 6.03. The number of rotatable bonds is 4. The summed E-state index contributed by atoms with van der Waals surface area (Å²) in [5.41, 5.74) is 0.854. The Morgan fingerprint density at radius 3 is 2.85 bits per heavy atom. The van der Waals surface area contributed by atoms with Crippen molar-refractivity contribution >= 4 is 5.82 Å². The number of nitrogens with zero attached hydrogens (tertiary/aromatic N) is 6. The molecule has 0 bridgehead atoms. The van der Waals surface area contributed by atoms with E-state index in [9.17, 15) is 0 Å². The van der Waals surface area contributed by atoms with Crippen LogP contribution < -0.4 is 4.90 Å². The van der Waals surface area contributed by atoms with E-state index < -0.39 is 0 Å². The molecule has 26 heavy (non-hydrogen) atoms. The molecule has 3 aromatic rings. The molecule has 0 N–H and O–H groups in total. The van der Waals surface area contributed by atoms with Crippen molar-refractivity contribution in [3.63, 3.8) is 0 Å². The van der Waals surface area contributed by atoms with E-state index in [1.54, 1.807) is 12.4 Å². The van der Waals surface area contributed by atoms with Gasteiger partial charge >= 0.3 is 0 Å². The lowest BCUT2D eigenvalue weighted by molar-refractivity contribution is -0.0156. The van der Waals surface area contributed by atoms with E-state index >= 15 is 0 Å². The highest BCUT2D eigenvalue weighted by Gasteiger charge is 2.35. The second-order valence-electron chi connectivity index (χ2n) is 6.68. The van der Waals surface area contributed by atoms with Crippen molar-refractivity contribution in [2.45, 2.75) is 24.9 Å². The average molecular weight is 354 g/mol. The minimum Gasteiger partial charge on any atom is -0.420 e. The third-order valence-corrected chi connectivity index (χ3v) is 4.64. The van der Waals surface area contributed by atoms with Crippen LogP contribution in [0.2, 0.25) is 0 Å². The van der Waals surface area contributed by atoms with Crippen LogP contribution in [0.4, 0.5) is 5.82 Å². The van der Waals surface area contributed by atoms with Crippen LogP contribution in [0.5, 0.6) is 0 Å². The number of ether oxygens (including phenoxy) is 1. The molecule has 136 valence electrons. The van der Waals surface area contributed by atoms with Crippen LogP contribution in [-0.2, 0) is 11.8 Å². The van der Waals surface area contributed by atoms with Gasteiger partial charge in [-0.15, -0.1) is 10.2 Å². The van der Waals surface area contributed by atoms with Gasteiger partial charge in [0.25, 0.3) is 0 Å². The van der Waals surface area contributed by atoms with Crippen molar-refractivity contribution < 1.29 is 9.15 Å². The SMILES string of the molecule is CN(C)c1cc(-c2nnc([C@@H]3CCCO[C@H]3c3nccn3C)o2)ccn1. The molecule has 1 aliphatic rings. The highest BCUT2D eigenvalue weighted by molar-refractivity contribution is 5.58. The summed E-state index contributed by atoms with van der Waals surface area (Å²) >= 11 is 0. The Kier molecular flexibility index (Phi) is 4.42. The van der Waals surface area contributed by atoms with Crippen molar-refractivity contribution in [1.29, 1.82) is 0 Å². The molecule has 0 saturated carbocycles. The third-order valence-electron chi connectivity index (χ3n) is 4.64. The first kappa shape index (κ1) is 16.7. The normalized spacial score (nSPS) is 20.3. The van der Waals surface area contributed by atoms with E-state index in [0.717, 1.165) is 30.0 Å². The average Bonchev–Trinajstić information content (AvgIpc) is 3.31. The summed E-state index contributed by atoms with van der Waals surface area (Å²) in [6.07, 6.45) is 7.16. The number of hydrogen-bond acceptors (Lipinski definition) is 7. The summed E-state index contributed by atoms with van der Waals surface area (Å²) in [7, 11) is 5.86. The second kappa shape index (κ2) is 6.87. The number of hydrogen-bond donors (Lipinski definition) is 0. The number of pyridine rings is 1. The minimum absolute atomic E-state index is 0.00116. The Morgan fingerprint density at radius 2 is 2.08 bits per heavy atom. The van der Waals surface area contributed by atoms with Crippen LogP contribution in [0, 0.1) is 0 Å². The summed E-state index contributed by atoms with van der Waals surface area (Å²) in [5.74, 6) is 2.81. The van der Waals surface area contributed by atoms with Gasteiger partial charge in [-0.25, -0.2) is 9.97 Å². The van der Waals surface area contributed by atoms with Crippen LogP contribution in [0.25, 0.3) is 11.5 Å². The van der Waals surface area contributed by atoms with Crippen molar-refractivity contribution in [3.05, 3.63) is 42.4 Å². The highest BCUT2D eigenvalue weighted by atomic mass is 16.5. The molecule has 0 aliphatic carbocycles. The molecule has 3 aromatic heterocycles. The van der Waals surface area contributed by atoms with E-state index in [4.69, 9.17) is 9.15 Å². The molecule has 2 atom stereocenters. The molecule has 0 unspecified atom stereocenters. The zero-order valence-electron chi connectivity index (χ0n) is 15.2. The zero-order chi connectivity index (χ0) is 18.1. The van der Waals surface area contributed by atoms with E-state index in [1.165, 1.54) is 0 Å². The lowest BCUT2D eigenvalue weighted by atomic mass is 9.93. The van der Waals surface area contributed by atoms with Gasteiger partial charge in [-0.05, 0) is 25.0 Å². The summed E-state index contributed by atoms with van der Waals surface area (Å²) in [5, 5.41) is 8.57. The van der Waals surface area contributed by atoms with Gasteiger partial charge in [0.2, 0.25) is 11.8 Å². The summed E-state index contributed by atoms with van der Waals surface area (Å²) < 4.78 is 14.0. The summed E-state index contributed by atoms with van der Waals surface area (Å²) in [6.45, 7) is 0.714.